The topological polar surface area (TPSA) is 29.9 Å². The van der Waals surface area contributed by atoms with Gasteiger partial charge in [-0.1, -0.05) is 40.5 Å². The molecule has 1 unspecified atom stereocenters. The van der Waals surface area contributed by atoms with E-state index in [1.54, 1.807) is 0 Å². The fraction of sp³-hybridized carbons (Fsp3) is 0.800. The standard InChI is InChI=1S/C15H29N3/c1-6-13(7-2)10-18-11-14(12(5)16-9-4)17-15(18)8-3/h11-13,16H,6-10H2,1-5H3. The first kappa shape index (κ1) is 15.2. The molecule has 0 spiro atoms. The molecular weight excluding hydrogens is 222 g/mol. The normalized spacial score (nSPS) is 13.2. The molecule has 1 N–H and O–H groups in total. The molecule has 0 bridgehead atoms. The molecule has 0 fully saturated rings. The highest BCUT2D eigenvalue weighted by molar-refractivity contribution is 5.08. The Morgan fingerprint density at radius 1 is 1.22 bits per heavy atom. The zero-order valence-corrected chi connectivity index (χ0v) is 12.7. The quantitative estimate of drug-likeness (QED) is 0.765. The molecule has 0 amide bonds. The van der Waals surface area contributed by atoms with Gasteiger partial charge in [-0.3, -0.25) is 0 Å². The maximum Gasteiger partial charge on any atom is 0.108 e. The minimum absolute atomic E-state index is 0.350. The number of imidazole rings is 1. The second-order valence-electron chi connectivity index (χ2n) is 5.05. The molecule has 0 aromatic carbocycles. The van der Waals surface area contributed by atoms with Crippen molar-refractivity contribution in [3.05, 3.63) is 17.7 Å². The van der Waals surface area contributed by atoms with Crippen LogP contribution in [0.4, 0.5) is 0 Å². The summed E-state index contributed by atoms with van der Waals surface area (Å²) in [5, 5.41) is 3.43. The van der Waals surface area contributed by atoms with E-state index in [1.165, 1.54) is 24.4 Å². The van der Waals surface area contributed by atoms with Gasteiger partial charge in [0.05, 0.1) is 5.69 Å². The molecule has 104 valence electrons. The van der Waals surface area contributed by atoms with Gasteiger partial charge in [0.15, 0.2) is 0 Å². The number of nitrogens with one attached hydrogen (secondary N) is 1. The smallest absolute Gasteiger partial charge is 0.108 e. The Morgan fingerprint density at radius 2 is 1.89 bits per heavy atom. The molecule has 0 aliphatic carbocycles. The third kappa shape index (κ3) is 3.84. The van der Waals surface area contributed by atoms with Crippen LogP contribution >= 0.6 is 0 Å². The molecule has 0 radical (unpaired) electrons. The molecule has 0 aliphatic rings. The van der Waals surface area contributed by atoms with Gasteiger partial charge in [-0.15, -0.1) is 0 Å². The van der Waals surface area contributed by atoms with Gasteiger partial charge < -0.3 is 9.88 Å². The van der Waals surface area contributed by atoms with E-state index in [-0.39, 0.29) is 0 Å². The summed E-state index contributed by atoms with van der Waals surface area (Å²) in [5.41, 5.74) is 1.18. The molecular formula is C15H29N3. The molecule has 18 heavy (non-hydrogen) atoms. The summed E-state index contributed by atoms with van der Waals surface area (Å²) < 4.78 is 2.36. The zero-order valence-electron chi connectivity index (χ0n) is 12.7. The summed E-state index contributed by atoms with van der Waals surface area (Å²) in [5.74, 6) is 1.99. The number of aromatic nitrogens is 2. The number of nitrogens with zero attached hydrogens (tertiary/aromatic N) is 2. The highest BCUT2D eigenvalue weighted by Gasteiger charge is 2.13. The van der Waals surface area contributed by atoms with Crippen LogP contribution < -0.4 is 5.32 Å². The molecule has 1 atom stereocenters. The van der Waals surface area contributed by atoms with Crippen molar-refractivity contribution in [2.45, 2.75) is 66.5 Å². The molecule has 0 saturated heterocycles. The van der Waals surface area contributed by atoms with Crippen LogP contribution in [-0.2, 0) is 13.0 Å². The second-order valence-corrected chi connectivity index (χ2v) is 5.05. The minimum atomic E-state index is 0.350. The first-order valence-electron chi connectivity index (χ1n) is 7.45. The lowest BCUT2D eigenvalue weighted by Crippen LogP contribution is -2.18. The van der Waals surface area contributed by atoms with Gasteiger partial charge in [0, 0.05) is 25.2 Å². The highest BCUT2D eigenvalue weighted by atomic mass is 15.1. The van der Waals surface area contributed by atoms with Crippen molar-refractivity contribution in [2.75, 3.05) is 6.54 Å². The molecule has 3 heteroatoms. The van der Waals surface area contributed by atoms with E-state index in [9.17, 15) is 0 Å². The fourth-order valence-electron chi connectivity index (χ4n) is 2.36. The number of hydrogen-bond acceptors (Lipinski definition) is 2. The van der Waals surface area contributed by atoms with Gasteiger partial charge in [0.2, 0.25) is 0 Å². The van der Waals surface area contributed by atoms with Gasteiger partial charge in [-0.05, 0) is 19.4 Å². The van der Waals surface area contributed by atoms with Crippen molar-refractivity contribution >= 4 is 0 Å². The molecule has 1 rings (SSSR count). The summed E-state index contributed by atoms with van der Waals surface area (Å²) in [6, 6.07) is 0.350. The molecule has 1 aromatic heterocycles. The van der Waals surface area contributed by atoms with E-state index >= 15 is 0 Å². The molecule has 1 aromatic rings. The number of hydrogen-bond donors (Lipinski definition) is 1. The van der Waals surface area contributed by atoms with Crippen LogP contribution in [0.3, 0.4) is 0 Å². The third-order valence-electron chi connectivity index (χ3n) is 3.76. The van der Waals surface area contributed by atoms with Crippen molar-refractivity contribution < 1.29 is 0 Å². The summed E-state index contributed by atoms with van der Waals surface area (Å²) in [6.45, 7) is 13.2. The lowest BCUT2D eigenvalue weighted by atomic mass is 10.0. The first-order valence-corrected chi connectivity index (χ1v) is 7.45. The maximum atomic E-state index is 4.77. The Balaban J connectivity index is 2.83. The van der Waals surface area contributed by atoms with Gasteiger partial charge in [0.25, 0.3) is 0 Å². The Labute approximate surface area is 112 Å². The number of aryl methyl sites for hydroxylation is 1. The lowest BCUT2D eigenvalue weighted by molar-refractivity contribution is 0.411. The lowest BCUT2D eigenvalue weighted by Gasteiger charge is -2.14. The Morgan fingerprint density at radius 3 is 2.39 bits per heavy atom. The SMILES string of the molecule is CCNC(C)c1cn(CC(CC)CC)c(CC)n1. The van der Waals surface area contributed by atoms with Crippen molar-refractivity contribution in [3.63, 3.8) is 0 Å². The maximum absolute atomic E-state index is 4.77. The van der Waals surface area contributed by atoms with E-state index in [0.717, 1.165) is 25.4 Å². The second kappa shape index (κ2) is 7.57. The van der Waals surface area contributed by atoms with Gasteiger partial charge >= 0.3 is 0 Å². The predicted octanol–water partition coefficient (Wildman–Crippen LogP) is 3.55. The zero-order chi connectivity index (χ0) is 13.5. The number of rotatable bonds is 8. The average Bonchev–Trinajstić information content (AvgIpc) is 2.79. The van der Waals surface area contributed by atoms with Gasteiger partial charge in [-0.25, -0.2) is 4.98 Å². The van der Waals surface area contributed by atoms with Crippen LogP contribution in [0, 0.1) is 5.92 Å². The Bertz CT molecular complexity index is 340. The highest BCUT2D eigenvalue weighted by Crippen LogP contribution is 2.17. The monoisotopic (exact) mass is 251 g/mol. The van der Waals surface area contributed by atoms with Crippen LogP contribution in [0.2, 0.25) is 0 Å². The molecule has 1 heterocycles. The van der Waals surface area contributed by atoms with E-state index in [1.807, 2.05) is 0 Å². The molecule has 3 nitrogen and oxygen atoms in total. The molecule has 0 aliphatic heterocycles. The van der Waals surface area contributed by atoms with Gasteiger partial charge in [0.1, 0.15) is 5.82 Å². The van der Waals surface area contributed by atoms with Crippen molar-refractivity contribution in [2.24, 2.45) is 5.92 Å². The first-order chi connectivity index (χ1) is 8.65. The molecule has 0 saturated carbocycles. The summed E-state index contributed by atoms with van der Waals surface area (Å²) >= 11 is 0. The van der Waals surface area contributed by atoms with Crippen LogP contribution in [-0.4, -0.2) is 16.1 Å². The van der Waals surface area contributed by atoms with Crippen LogP contribution in [0.25, 0.3) is 0 Å². The van der Waals surface area contributed by atoms with Crippen molar-refractivity contribution in [1.29, 1.82) is 0 Å². The largest absolute Gasteiger partial charge is 0.334 e. The fourth-order valence-corrected chi connectivity index (χ4v) is 2.36. The summed E-state index contributed by atoms with van der Waals surface area (Å²) in [6.07, 6.45) is 5.75. The van der Waals surface area contributed by atoms with E-state index in [2.05, 4.69) is 50.7 Å². The van der Waals surface area contributed by atoms with Crippen LogP contribution in [0.5, 0.6) is 0 Å². The Hall–Kier alpha value is -0.830. The van der Waals surface area contributed by atoms with Crippen molar-refractivity contribution in [1.82, 2.24) is 14.9 Å². The van der Waals surface area contributed by atoms with Crippen LogP contribution in [0.1, 0.15) is 65.0 Å². The van der Waals surface area contributed by atoms with E-state index in [4.69, 9.17) is 4.98 Å². The third-order valence-corrected chi connectivity index (χ3v) is 3.76. The predicted molar refractivity (Wildman–Crippen MR) is 77.8 cm³/mol. The Kier molecular flexibility index (Phi) is 6.41. The average molecular weight is 251 g/mol. The van der Waals surface area contributed by atoms with Gasteiger partial charge in [-0.2, -0.15) is 0 Å². The van der Waals surface area contributed by atoms with Crippen molar-refractivity contribution in [3.8, 4) is 0 Å². The summed E-state index contributed by atoms with van der Waals surface area (Å²) in [7, 11) is 0. The van der Waals surface area contributed by atoms with Crippen LogP contribution in [0.15, 0.2) is 6.20 Å². The van der Waals surface area contributed by atoms with E-state index < -0.39 is 0 Å². The summed E-state index contributed by atoms with van der Waals surface area (Å²) in [4.78, 5) is 4.77. The van der Waals surface area contributed by atoms with E-state index in [0.29, 0.717) is 6.04 Å². The minimum Gasteiger partial charge on any atom is -0.334 e.